The van der Waals surface area contributed by atoms with E-state index in [0.29, 0.717) is 12.3 Å². The molecule has 0 saturated heterocycles. The van der Waals surface area contributed by atoms with Crippen LogP contribution in [0.5, 0.6) is 5.75 Å². The fraction of sp³-hybridized carbons (Fsp3) is 0.167. The van der Waals surface area contributed by atoms with Crippen LogP contribution in [0.3, 0.4) is 0 Å². The maximum Gasteiger partial charge on any atom is 0.264 e. The SMILES string of the molecule is COc1ccc(Cl)cc1N(CC(=O)NCCSc1nc2ccccc2s1)S(=O)(=O)c1ccc(Cl)c(Cl)c1. The van der Waals surface area contributed by atoms with Crippen LogP contribution in [0.4, 0.5) is 5.69 Å². The Kier molecular flexibility index (Phi) is 9.10. The number of thiazole rings is 1. The first-order valence-electron chi connectivity index (χ1n) is 10.8. The van der Waals surface area contributed by atoms with E-state index in [4.69, 9.17) is 39.5 Å². The van der Waals surface area contributed by atoms with Gasteiger partial charge in [0.25, 0.3) is 10.0 Å². The molecule has 0 aliphatic carbocycles. The van der Waals surface area contributed by atoms with Gasteiger partial charge >= 0.3 is 0 Å². The summed E-state index contributed by atoms with van der Waals surface area (Å²) in [6.07, 6.45) is 0. The Balaban J connectivity index is 1.51. The average molecular weight is 617 g/mol. The second kappa shape index (κ2) is 12.1. The fourth-order valence-electron chi connectivity index (χ4n) is 3.35. The minimum absolute atomic E-state index is 0.0667. The molecular formula is C24H20Cl3N3O4S3. The predicted octanol–water partition coefficient (Wildman–Crippen LogP) is 6.37. The second-order valence-corrected chi connectivity index (χ2v) is 13.0. The predicted molar refractivity (Wildman–Crippen MR) is 152 cm³/mol. The summed E-state index contributed by atoms with van der Waals surface area (Å²) in [5, 5.41) is 3.32. The first-order chi connectivity index (χ1) is 17.7. The average Bonchev–Trinajstić information content (AvgIpc) is 3.29. The number of thioether (sulfide) groups is 1. The Morgan fingerprint density at radius 1 is 1.08 bits per heavy atom. The zero-order chi connectivity index (χ0) is 26.6. The van der Waals surface area contributed by atoms with Gasteiger partial charge in [-0.3, -0.25) is 9.10 Å². The molecule has 37 heavy (non-hydrogen) atoms. The highest BCUT2D eigenvalue weighted by Gasteiger charge is 2.30. The van der Waals surface area contributed by atoms with Crippen molar-refractivity contribution in [2.75, 3.05) is 30.3 Å². The summed E-state index contributed by atoms with van der Waals surface area (Å²) >= 11 is 21.3. The third kappa shape index (κ3) is 6.63. The summed E-state index contributed by atoms with van der Waals surface area (Å²) in [7, 11) is -2.85. The molecule has 0 atom stereocenters. The number of hydrogen-bond acceptors (Lipinski definition) is 7. The first-order valence-corrected chi connectivity index (χ1v) is 15.1. The lowest BCUT2D eigenvalue weighted by Gasteiger charge is -2.26. The third-order valence-electron chi connectivity index (χ3n) is 5.10. The normalized spacial score (nSPS) is 11.5. The van der Waals surface area contributed by atoms with E-state index in [2.05, 4.69) is 10.3 Å². The van der Waals surface area contributed by atoms with E-state index in [1.165, 1.54) is 49.2 Å². The van der Waals surface area contributed by atoms with E-state index in [-0.39, 0.29) is 31.4 Å². The van der Waals surface area contributed by atoms with Crippen LogP contribution >= 0.6 is 57.9 Å². The van der Waals surface area contributed by atoms with Crippen molar-refractivity contribution in [1.82, 2.24) is 10.3 Å². The van der Waals surface area contributed by atoms with Crippen molar-refractivity contribution in [3.63, 3.8) is 0 Å². The number of halogens is 3. The van der Waals surface area contributed by atoms with E-state index in [1.54, 1.807) is 17.4 Å². The standard InChI is InChI=1S/C24H20Cl3N3O4S3/c1-34-21-9-6-15(25)12-20(21)30(37(32,33)16-7-8-17(26)18(27)13-16)14-23(31)28-10-11-35-24-29-19-4-2-3-5-22(19)36-24/h2-9,12-13H,10-11,14H2,1H3,(H,28,31). The molecule has 4 aromatic rings. The molecule has 0 radical (unpaired) electrons. The van der Waals surface area contributed by atoms with Crippen molar-refractivity contribution in [3.05, 3.63) is 75.7 Å². The highest BCUT2D eigenvalue weighted by atomic mass is 35.5. The Hall–Kier alpha value is -2.21. The van der Waals surface area contributed by atoms with Gasteiger partial charge in [0, 0.05) is 17.3 Å². The Morgan fingerprint density at radius 3 is 2.59 bits per heavy atom. The minimum atomic E-state index is -4.25. The van der Waals surface area contributed by atoms with Crippen LogP contribution in [-0.2, 0) is 14.8 Å². The van der Waals surface area contributed by atoms with Gasteiger partial charge in [-0.1, -0.05) is 58.7 Å². The fourth-order valence-corrected chi connectivity index (χ4v) is 7.32. The van der Waals surface area contributed by atoms with Gasteiger partial charge in [0.1, 0.15) is 12.3 Å². The molecule has 0 saturated carbocycles. The monoisotopic (exact) mass is 615 g/mol. The highest BCUT2D eigenvalue weighted by Crippen LogP contribution is 2.36. The number of sulfonamides is 1. The lowest BCUT2D eigenvalue weighted by atomic mass is 10.3. The molecule has 3 aromatic carbocycles. The Bertz CT molecular complexity index is 1510. The number of fused-ring (bicyclic) bond motifs is 1. The number of carbonyl (C=O) groups is 1. The van der Waals surface area contributed by atoms with E-state index in [0.717, 1.165) is 18.9 Å². The molecule has 1 aromatic heterocycles. The third-order valence-corrected chi connectivity index (χ3v) is 10.0. The molecule has 1 amide bonds. The number of anilines is 1. The van der Waals surface area contributed by atoms with Crippen molar-refractivity contribution in [2.45, 2.75) is 9.24 Å². The zero-order valence-electron chi connectivity index (χ0n) is 19.3. The highest BCUT2D eigenvalue weighted by molar-refractivity contribution is 8.01. The van der Waals surface area contributed by atoms with Gasteiger partial charge in [-0.15, -0.1) is 11.3 Å². The minimum Gasteiger partial charge on any atom is -0.495 e. The number of methoxy groups -OCH3 is 1. The summed E-state index contributed by atoms with van der Waals surface area (Å²) in [5.74, 6) is 0.286. The van der Waals surface area contributed by atoms with E-state index in [1.807, 2.05) is 24.3 Å². The van der Waals surface area contributed by atoms with Crippen LogP contribution in [0.25, 0.3) is 10.2 Å². The van der Waals surface area contributed by atoms with Gasteiger partial charge in [-0.25, -0.2) is 13.4 Å². The van der Waals surface area contributed by atoms with Crippen LogP contribution in [0.2, 0.25) is 15.1 Å². The second-order valence-electron chi connectivity index (χ2n) is 7.55. The zero-order valence-corrected chi connectivity index (χ0v) is 24.0. The van der Waals surface area contributed by atoms with Gasteiger partial charge < -0.3 is 10.1 Å². The van der Waals surface area contributed by atoms with Gasteiger partial charge in [0.2, 0.25) is 5.91 Å². The van der Waals surface area contributed by atoms with Crippen molar-refractivity contribution < 1.29 is 17.9 Å². The Labute approximate surface area is 237 Å². The summed E-state index contributed by atoms with van der Waals surface area (Å²) in [6.45, 7) is -0.197. The van der Waals surface area contributed by atoms with Crippen LogP contribution in [0, 0.1) is 0 Å². The molecule has 7 nitrogen and oxygen atoms in total. The van der Waals surface area contributed by atoms with Crippen molar-refractivity contribution in [2.24, 2.45) is 0 Å². The Morgan fingerprint density at radius 2 is 1.86 bits per heavy atom. The number of nitrogens with zero attached hydrogens (tertiary/aromatic N) is 2. The molecule has 4 rings (SSSR count). The molecule has 194 valence electrons. The maximum absolute atomic E-state index is 13.6. The van der Waals surface area contributed by atoms with Crippen LogP contribution in [0.1, 0.15) is 0 Å². The largest absolute Gasteiger partial charge is 0.495 e. The number of para-hydroxylation sites is 1. The van der Waals surface area contributed by atoms with Crippen LogP contribution in [-0.4, -0.2) is 45.3 Å². The summed E-state index contributed by atoms with van der Waals surface area (Å²) in [4.78, 5) is 17.3. The number of aromatic nitrogens is 1. The van der Waals surface area contributed by atoms with E-state index < -0.39 is 22.5 Å². The smallest absolute Gasteiger partial charge is 0.264 e. The molecule has 0 unspecified atom stereocenters. The molecule has 0 bridgehead atoms. The van der Waals surface area contributed by atoms with Crippen molar-refractivity contribution in [3.8, 4) is 5.75 Å². The maximum atomic E-state index is 13.6. The first kappa shape index (κ1) is 27.8. The molecule has 0 spiro atoms. The number of rotatable bonds is 10. The molecule has 1 heterocycles. The summed E-state index contributed by atoms with van der Waals surface area (Å²) < 4.78 is 35.6. The lowest BCUT2D eigenvalue weighted by Crippen LogP contribution is -2.41. The van der Waals surface area contributed by atoms with Gasteiger partial charge in [0.05, 0.1) is 38.0 Å². The van der Waals surface area contributed by atoms with Crippen LogP contribution in [0.15, 0.2) is 69.9 Å². The number of nitrogens with one attached hydrogen (secondary N) is 1. The number of ether oxygens (including phenoxy) is 1. The van der Waals surface area contributed by atoms with Crippen molar-refractivity contribution in [1.29, 1.82) is 0 Å². The lowest BCUT2D eigenvalue weighted by molar-refractivity contribution is -0.119. The van der Waals surface area contributed by atoms with Crippen LogP contribution < -0.4 is 14.4 Å². The molecule has 0 aliphatic heterocycles. The van der Waals surface area contributed by atoms with Gasteiger partial charge in [-0.05, 0) is 48.5 Å². The molecule has 0 fully saturated rings. The number of amides is 1. The molecule has 13 heteroatoms. The number of benzene rings is 3. The quantitative estimate of drug-likeness (QED) is 0.165. The molecular weight excluding hydrogens is 597 g/mol. The van der Waals surface area contributed by atoms with Crippen molar-refractivity contribution >= 4 is 89.7 Å². The van der Waals surface area contributed by atoms with Gasteiger partial charge in [-0.2, -0.15) is 0 Å². The van der Waals surface area contributed by atoms with E-state index in [9.17, 15) is 13.2 Å². The molecule has 1 N–H and O–H groups in total. The van der Waals surface area contributed by atoms with Gasteiger partial charge in [0.15, 0.2) is 4.34 Å². The van der Waals surface area contributed by atoms with E-state index >= 15 is 0 Å². The summed E-state index contributed by atoms with van der Waals surface area (Å²) in [6, 6.07) is 16.3. The molecule has 0 aliphatic rings. The summed E-state index contributed by atoms with van der Waals surface area (Å²) in [5.41, 5.74) is 1.04. The number of hydrogen-bond donors (Lipinski definition) is 1. The number of carbonyl (C=O) groups excluding carboxylic acids is 1. The topological polar surface area (TPSA) is 88.6 Å².